The van der Waals surface area contributed by atoms with Crippen LogP contribution in [0, 0.1) is 24.0 Å². The molecule has 0 unspecified atom stereocenters. The minimum absolute atomic E-state index is 0.0263. The molecule has 0 heterocycles. The summed E-state index contributed by atoms with van der Waals surface area (Å²) in [5.74, 6) is 0.722. The molecule has 2 aromatic carbocycles. The Labute approximate surface area is 128 Å². The van der Waals surface area contributed by atoms with E-state index >= 15 is 0 Å². The van der Waals surface area contributed by atoms with Crippen LogP contribution < -0.4 is 10.1 Å². The fourth-order valence-electron chi connectivity index (χ4n) is 2.15. The van der Waals surface area contributed by atoms with E-state index in [0.29, 0.717) is 5.56 Å². The van der Waals surface area contributed by atoms with Gasteiger partial charge in [0.25, 0.3) is 5.69 Å². The highest BCUT2D eigenvalue weighted by molar-refractivity contribution is 5.64. The first-order valence-electron chi connectivity index (χ1n) is 6.87. The second kappa shape index (κ2) is 6.91. The number of nitro benzene ring substituents is 1. The van der Waals surface area contributed by atoms with Gasteiger partial charge in [-0.2, -0.15) is 0 Å². The second-order valence-corrected chi connectivity index (χ2v) is 4.94. The zero-order valence-electron chi connectivity index (χ0n) is 12.5. The van der Waals surface area contributed by atoms with Gasteiger partial charge in [0.2, 0.25) is 0 Å². The molecule has 6 nitrogen and oxygen atoms in total. The maximum atomic E-state index is 10.8. The summed E-state index contributed by atoms with van der Waals surface area (Å²) in [5, 5.41) is 22.8. The molecular weight excluding hydrogens is 284 g/mol. The number of rotatable bonds is 6. The Morgan fingerprint density at radius 2 is 1.77 bits per heavy atom. The number of hydrogen-bond acceptors (Lipinski definition) is 5. The van der Waals surface area contributed by atoms with Crippen molar-refractivity contribution in [3.63, 3.8) is 0 Å². The first kappa shape index (κ1) is 15.8. The van der Waals surface area contributed by atoms with E-state index in [0.717, 1.165) is 22.7 Å². The molecule has 22 heavy (non-hydrogen) atoms. The van der Waals surface area contributed by atoms with Crippen molar-refractivity contribution in [3.8, 4) is 5.75 Å². The molecule has 0 atom stereocenters. The zero-order chi connectivity index (χ0) is 16.1. The van der Waals surface area contributed by atoms with Gasteiger partial charge in [0.05, 0.1) is 11.5 Å². The topological polar surface area (TPSA) is 84.6 Å². The van der Waals surface area contributed by atoms with Crippen molar-refractivity contribution in [2.75, 3.05) is 18.5 Å². The predicted octanol–water partition coefficient (Wildman–Crippen LogP) is 3.33. The number of aryl methyl sites for hydroxylation is 2. The van der Waals surface area contributed by atoms with Crippen LogP contribution in [0.1, 0.15) is 11.1 Å². The van der Waals surface area contributed by atoms with Gasteiger partial charge in [-0.3, -0.25) is 10.1 Å². The summed E-state index contributed by atoms with van der Waals surface area (Å²) in [6, 6.07) is 10.5. The van der Waals surface area contributed by atoms with E-state index in [9.17, 15) is 10.1 Å². The van der Waals surface area contributed by atoms with Gasteiger partial charge in [0.15, 0.2) is 0 Å². The number of nitrogens with zero attached hydrogens (tertiary/aromatic N) is 1. The normalized spacial score (nSPS) is 10.3. The third kappa shape index (κ3) is 3.73. The van der Waals surface area contributed by atoms with Crippen LogP contribution in [0.2, 0.25) is 0 Å². The molecule has 0 spiro atoms. The number of nitrogens with one attached hydrogen (secondary N) is 1. The molecule has 2 rings (SSSR count). The van der Waals surface area contributed by atoms with Crippen molar-refractivity contribution in [1.82, 2.24) is 0 Å². The smallest absolute Gasteiger partial charge is 0.272 e. The van der Waals surface area contributed by atoms with E-state index in [1.54, 1.807) is 19.1 Å². The van der Waals surface area contributed by atoms with E-state index in [2.05, 4.69) is 5.32 Å². The Morgan fingerprint density at radius 1 is 1.14 bits per heavy atom. The summed E-state index contributed by atoms with van der Waals surface area (Å²) in [5.41, 5.74) is 3.30. The molecule has 0 fully saturated rings. The average Bonchev–Trinajstić information content (AvgIpc) is 2.46. The summed E-state index contributed by atoms with van der Waals surface area (Å²) >= 11 is 0. The van der Waals surface area contributed by atoms with Crippen molar-refractivity contribution in [2.24, 2.45) is 0 Å². The van der Waals surface area contributed by atoms with Crippen molar-refractivity contribution >= 4 is 17.1 Å². The van der Waals surface area contributed by atoms with Gasteiger partial charge >= 0.3 is 0 Å². The van der Waals surface area contributed by atoms with Crippen LogP contribution in [0.25, 0.3) is 0 Å². The van der Waals surface area contributed by atoms with Gasteiger partial charge in [0.1, 0.15) is 12.4 Å². The molecular formula is C16H18N2O4. The Kier molecular flexibility index (Phi) is 4.95. The molecule has 0 aliphatic rings. The molecule has 0 radical (unpaired) electrons. The maximum Gasteiger partial charge on any atom is 0.272 e. The van der Waals surface area contributed by atoms with E-state index in [1.807, 2.05) is 25.1 Å². The number of ether oxygens (including phenoxy) is 1. The lowest BCUT2D eigenvalue weighted by molar-refractivity contribution is -0.385. The van der Waals surface area contributed by atoms with Crippen molar-refractivity contribution in [2.45, 2.75) is 13.8 Å². The summed E-state index contributed by atoms with van der Waals surface area (Å²) in [6.07, 6.45) is 0. The molecule has 0 amide bonds. The number of aliphatic hydroxyl groups excluding tert-OH is 1. The lowest BCUT2D eigenvalue weighted by atomic mass is 10.1. The van der Waals surface area contributed by atoms with Gasteiger partial charge in [-0.1, -0.05) is 0 Å². The van der Waals surface area contributed by atoms with Crippen LogP contribution >= 0.6 is 0 Å². The zero-order valence-corrected chi connectivity index (χ0v) is 12.5. The number of aliphatic hydroxyl groups is 1. The number of nitro groups is 1. The third-order valence-electron chi connectivity index (χ3n) is 3.21. The summed E-state index contributed by atoms with van der Waals surface area (Å²) < 4.78 is 5.40. The van der Waals surface area contributed by atoms with Crippen LogP contribution in [0.4, 0.5) is 17.1 Å². The molecule has 116 valence electrons. The summed E-state index contributed by atoms with van der Waals surface area (Å²) in [6.45, 7) is 3.86. The highest BCUT2D eigenvalue weighted by Gasteiger charge is 2.10. The van der Waals surface area contributed by atoms with Crippen molar-refractivity contribution < 1.29 is 14.8 Å². The molecule has 0 aromatic heterocycles. The first-order valence-corrected chi connectivity index (χ1v) is 6.87. The third-order valence-corrected chi connectivity index (χ3v) is 3.21. The first-order chi connectivity index (χ1) is 10.5. The molecule has 2 N–H and O–H groups in total. The van der Waals surface area contributed by atoms with Gasteiger partial charge in [-0.05, 0) is 49.7 Å². The van der Waals surface area contributed by atoms with Gasteiger partial charge in [-0.25, -0.2) is 0 Å². The molecule has 0 bridgehead atoms. The standard InChI is InChI=1S/C16H18N2O4/c1-11-9-13(3-5-15(11)18(20)21)17-14-4-6-16(12(2)10-14)22-8-7-19/h3-6,9-10,17,19H,7-8H2,1-2H3. The fraction of sp³-hybridized carbons (Fsp3) is 0.250. The minimum atomic E-state index is -0.392. The van der Waals surface area contributed by atoms with Crippen molar-refractivity contribution in [3.05, 3.63) is 57.6 Å². The maximum absolute atomic E-state index is 10.8. The molecule has 6 heteroatoms. The van der Waals surface area contributed by atoms with Gasteiger partial charge in [0, 0.05) is 23.0 Å². The number of hydrogen-bond donors (Lipinski definition) is 2. The highest BCUT2D eigenvalue weighted by atomic mass is 16.6. The van der Waals surface area contributed by atoms with E-state index < -0.39 is 4.92 Å². The monoisotopic (exact) mass is 302 g/mol. The van der Waals surface area contributed by atoms with Crippen LogP contribution in [0.3, 0.4) is 0 Å². The average molecular weight is 302 g/mol. The van der Waals surface area contributed by atoms with E-state index in [4.69, 9.17) is 9.84 Å². The Hall–Kier alpha value is -2.60. The summed E-state index contributed by atoms with van der Waals surface area (Å²) in [4.78, 5) is 10.4. The highest BCUT2D eigenvalue weighted by Crippen LogP contribution is 2.27. The summed E-state index contributed by atoms with van der Waals surface area (Å²) in [7, 11) is 0. The van der Waals surface area contributed by atoms with Crippen molar-refractivity contribution in [1.29, 1.82) is 0 Å². The molecule has 2 aromatic rings. The minimum Gasteiger partial charge on any atom is -0.491 e. The fourth-order valence-corrected chi connectivity index (χ4v) is 2.15. The Balaban J connectivity index is 2.15. The lowest BCUT2D eigenvalue weighted by Crippen LogP contribution is -2.03. The van der Waals surface area contributed by atoms with Crippen LogP contribution in [-0.4, -0.2) is 23.2 Å². The second-order valence-electron chi connectivity index (χ2n) is 4.94. The quantitative estimate of drug-likeness (QED) is 0.631. The predicted molar refractivity (Wildman–Crippen MR) is 84.9 cm³/mol. The van der Waals surface area contributed by atoms with Crippen LogP contribution in [0.5, 0.6) is 5.75 Å². The molecule has 0 aliphatic heterocycles. The van der Waals surface area contributed by atoms with Gasteiger partial charge in [-0.15, -0.1) is 0 Å². The van der Waals surface area contributed by atoms with Crippen LogP contribution in [-0.2, 0) is 0 Å². The SMILES string of the molecule is Cc1cc(Nc2ccc([N+](=O)[O-])c(C)c2)ccc1OCCO. The number of benzene rings is 2. The largest absolute Gasteiger partial charge is 0.491 e. The lowest BCUT2D eigenvalue weighted by Gasteiger charge is -2.12. The number of anilines is 2. The van der Waals surface area contributed by atoms with E-state index in [1.165, 1.54) is 6.07 Å². The molecule has 0 saturated carbocycles. The van der Waals surface area contributed by atoms with Crippen LogP contribution in [0.15, 0.2) is 36.4 Å². The van der Waals surface area contributed by atoms with E-state index in [-0.39, 0.29) is 18.9 Å². The Bertz CT molecular complexity index is 686. The molecule has 0 saturated heterocycles. The van der Waals surface area contributed by atoms with Gasteiger partial charge < -0.3 is 15.2 Å². The Morgan fingerprint density at radius 3 is 2.32 bits per heavy atom. The molecule has 0 aliphatic carbocycles.